The van der Waals surface area contributed by atoms with Crippen LogP contribution in [-0.4, -0.2) is 16.9 Å². The number of nitrogens with zero attached hydrogens (tertiary/aromatic N) is 1. The van der Waals surface area contributed by atoms with Gasteiger partial charge in [-0.2, -0.15) is 0 Å². The summed E-state index contributed by atoms with van der Waals surface area (Å²) in [6.07, 6.45) is 4.86. The number of nitrogen functional groups attached to an aromatic ring is 1. The molecule has 0 unspecified atom stereocenters. The van der Waals surface area contributed by atoms with E-state index in [1.807, 2.05) is 0 Å². The third-order valence-corrected chi connectivity index (χ3v) is 4.07. The van der Waals surface area contributed by atoms with E-state index in [0.29, 0.717) is 28.7 Å². The molecular weight excluding hydrogens is 264 g/mol. The summed E-state index contributed by atoms with van der Waals surface area (Å²) in [6.45, 7) is 0. The Morgan fingerprint density at radius 2 is 1.95 bits per heavy atom. The average Bonchev–Trinajstić information content (AvgIpc) is 3.29. The maximum Gasteiger partial charge on any atom is 0.271 e. The molecule has 0 bridgehead atoms. The number of aromatic nitrogens is 1. The molecule has 102 valence electrons. The number of nitrogens with two attached hydrogens (primary N) is 1. The summed E-state index contributed by atoms with van der Waals surface area (Å²) in [4.78, 5) is 16.4. The van der Waals surface area contributed by atoms with Crippen LogP contribution in [0.4, 0.5) is 5.82 Å². The molecule has 3 rings (SSSR count). The molecule has 1 amide bonds. The maximum atomic E-state index is 12.3. The van der Waals surface area contributed by atoms with Gasteiger partial charge in [0.25, 0.3) is 5.91 Å². The number of amides is 1. The summed E-state index contributed by atoms with van der Waals surface area (Å²) in [7, 11) is 0. The number of rotatable bonds is 5. The van der Waals surface area contributed by atoms with Crippen molar-refractivity contribution in [3.63, 3.8) is 0 Å². The van der Waals surface area contributed by atoms with Crippen LogP contribution in [0.15, 0.2) is 12.1 Å². The SMILES string of the molecule is NNc1ccc(Cl)c(C(=O)NC(C2CC2)C2CC2)n1. The summed E-state index contributed by atoms with van der Waals surface area (Å²) < 4.78 is 0. The monoisotopic (exact) mass is 280 g/mol. The Morgan fingerprint density at radius 1 is 1.32 bits per heavy atom. The van der Waals surface area contributed by atoms with Gasteiger partial charge in [0.1, 0.15) is 11.5 Å². The number of pyridine rings is 1. The lowest BCUT2D eigenvalue weighted by molar-refractivity contribution is 0.0921. The van der Waals surface area contributed by atoms with Gasteiger partial charge in [-0.15, -0.1) is 0 Å². The van der Waals surface area contributed by atoms with Gasteiger partial charge in [0.2, 0.25) is 0 Å². The Bertz CT molecular complexity index is 487. The topological polar surface area (TPSA) is 80.0 Å². The van der Waals surface area contributed by atoms with Gasteiger partial charge in [0.05, 0.1) is 5.02 Å². The molecule has 0 aromatic carbocycles. The number of hydrogen-bond acceptors (Lipinski definition) is 4. The molecule has 1 aromatic heterocycles. The van der Waals surface area contributed by atoms with Crippen molar-refractivity contribution in [3.05, 3.63) is 22.8 Å². The highest BCUT2D eigenvalue weighted by atomic mass is 35.5. The Morgan fingerprint density at radius 3 is 2.47 bits per heavy atom. The van der Waals surface area contributed by atoms with E-state index in [1.54, 1.807) is 12.1 Å². The molecule has 0 spiro atoms. The number of anilines is 1. The fraction of sp³-hybridized carbons (Fsp3) is 0.538. The van der Waals surface area contributed by atoms with Crippen molar-refractivity contribution in [1.82, 2.24) is 10.3 Å². The highest BCUT2D eigenvalue weighted by Crippen LogP contribution is 2.44. The standard InChI is InChI=1S/C13H17ClN4O/c14-9-5-6-10(18-15)16-12(9)13(19)17-11(7-1-2-7)8-3-4-8/h5-8,11H,1-4,15H2,(H,16,18)(H,17,19). The van der Waals surface area contributed by atoms with E-state index in [4.69, 9.17) is 17.4 Å². The van der Waals surface area contributed by atoms with Gasteiger partial charge in [0, 0.05) is 6.04 Å². The number of nitrogens with one attached hydrogen (secondary N) is 2. The number of hydrogen-bond donors (Lipinski definition) is 3. The molecule has 2 fully saturated rings. The highest BCUT2D eigenvalue weighted by Gasteiger charge is 2.42. The molecule has 19 heavy (non-hydrogen) atoms. The summed E-state index contributed by atoms with van der Waals surface area (Å²) >= 11 is 6.03. The van der Waals surface area contributed by atoms with Crippen molar-refractivity contribution < 1.29 is 4.79 Å². The predicted molar refractivity (Wildman–Crippen MR) is 73.8 cm³/mol. The molecule has 6 heteroatoms. The van der Waals surface area contributed by atoms with E-state index in [0.717, 1.165) is 0 Å². The van der Waals surface area contributed by atoms with Gasteiger partial charge in [-0.25, -0.2) is 10.8 Å². The highest BCUT2D eigenvalue weighted by molar-refractivity contribution is 6.33. The van der Waals surface area contributed by atoms with Crippen LogP contribution in [-0.2, 0) is 0 Å². The number of carbonyl (C=O) groups is 1. The second kappa shape index (κ2) is 4.98. The average molecular weight is 281 g/mol. The Balaban J connectivity index is 1.75. The largest absolute Gasteiger partial charge is 0.347 e. The van der Waals surface area contributed by atoms with E-state index in [-0.39, 0.29) is 11.6 Å². The van der Waals surface area contributed by atoms with E-state index in [9.17, 15) is 4.79 Å². The lowest BCUT2D eigenvalue weighted by Crippen LogP contribution is -2.38. The third kappa shape index (κ3) is 2.82. The molecule has 2 saturated carbocycles. The molecule has 0 saturated heterocycles. The van der Waals surface area contributed by atoms with E-state index >= 15 is 0 Å². The zero-order chi connectivity index (χ0) is 13.4. The molecular formula is C13H17ClN4O. The van der Waals surface area contributed by atoms with Crippen LogP contribution in [0.1, 0.15) is 36.2 Å². The van der Waals surface area contributed by atoms with Gasteiger partial charge in [-0.1, -0.05) is 11.6 Å². The number of carbonyl (C=O) groups excluding carboxylic acids is 1. The van der Waals surface area contributed by atoms with Gasteiger partial charge >= 0.3 is 0 Å². The van der Waals surface area contributed by atoms with Crippen LogP contribution in [0, 0.1) is 11.8 Å². The van der Waals surface area contributed by atoms with Crippen molar-refractivity contribution in [2.45, 2.75) is 31.7 Å². The predicted octanol–water partition coefficient (Wildman–Crippen LogP) is 1.94. The second-order valence-corrected chi connectivity index (χ2v) is 5.75. The molecule has 2 aliphatic carbocycles. The van der Waals surface area contributed by atoms with Crippen molar-refractivity contribution in [3.8, 4) is 0 Å². The Kier molecular flexibility index (Phi) is 3.33. The second-order valence-electron chi connectivity index (χ2n) is 5.35. The third-order valence-electron chi connectivity index (χ3n) is 3.77. The summed E-state index contributed by atoms with van der Waals surface area (Å²) in [6, 6.07) is 3.56. The first-order valence-electron chi connectivity index (χ1n) is 6.63. The first kappa shape index (κ1) is 12.7. The Hall–Kier alpha value is -1.33. The van der Waals surface area contributed by atoms with Crippen LogP contribution in [0.2, 0.25) is 5.02 Å². The fourth-order valence-electron chi connectivity index (χ4n) is 2.43. The zero-order valence-electron chi connectivity index (χ0n) is 10.5. The molecule has 2 aliphatic rings. The van der Waals surface area contributed by atoms with Gasteiger partial charge in [-0.3, -0.25) is 4.79 Å². The van der Waals surface area contributed by atoms with Crippen molar-refractivity contribution in [1.29, 1.82) is 0 Å². The molecule has 4 N–H and O–H groups in total. The summed E-state index contributed by atoms with van der Waals surface area (Å²) in [5, 5.41) is 3.44. The normalized spacial score (nSPS) is 18.5. The summed E-state index contributed by atoms with van der Waals surface area (Å²) in [5.74, 6) is 6.82. The van der Waals surface area contributed by atoms with Crippen LogP contribution < -0.4 is 16.6 Å². The molecule has 1 heterocycles. The molecule has 1 aromatic rings. The van der Waals surface area contributed by atoms with Gasteiger partial charge in [0.15, 0.2) is 0 Å². The van der Waals surface area contributed by atoms with E-state index in [2.05, 4.69) is 15.7 Å². The van der Waals surface area contributed by atoms with E-state index < -0.39 is 0 Å². The number of hydrazine groups is 1. The zero-order valence-corrected chi connectivity index (χ0v) is 11.3. The Labute approximate surface area is 116 Å². The first-order valence-corrected chi connectivity index (χ1v) is 7.01. The van der Waals surface area contributed by atoms with Gasteiger partial charge in [-0.05, 0) is 49.7 Å². The summed E-state index contributed by atoms with van der Waals surface area (Å²) in [5.41, 5.74) is 2.66. The van der Waals surface area contributed by atoms with Crippen molar-refractivity contribution in [2.75, 3.05) is 5.43 Å². The maximum absolute atomic E-state index is 12.3. The van der Waals surface area contributed by atoms with Crippen LogP contribution in [0.3, 0.4) is 0 Å². The molecule has 0 atom stereocenters. The molecule has 0 aliphatic heterocycles. The number of halogens is 1. The van der Waals surface area contributed by atoms with Crippen molar-refractivity contribution >= 4 is 23.3 Å². The van der Waals surface area contributed by atoms with Gasteiger partial charge < -0.3 is 10.7 Å². The van der Waals surface area contributed by atoms with Crippen molar-refractivity contribution in [2.24, 2.45) is 17.7 Å². The minimum Gasteiger partial charge on any atom is -0.347 e. The first-order chi connectivity index (χ1) is 9.19. The van der Waals surface area contributed by atoms with E-state index in [1.165, 1.54) is 25.7 Å². The minimum atomic E-state index is -0.203. The minimum absolute atomic E-state index is 0.203. The smallest absolute Gasteiger partial charge is 0.271 e. The lowest BCUT2D eigenvalue weighted by Gasteiger charge is -2.17. The van der Waals surface area contributed by atoms with Crippen LogP contribution in [0.5, 0.6) is 0 Å². The quantitative estimate of drug-likeness (QED) is 0.569. The lowest BCUT2D eigenvalue weighted by atomic mass is 10.1. The fourth-order valence-corrected chi connectivity index (χ4v) is 2.62. The molecule has 5 nitrogen and oxygen atoms in total. The molecule has 0 radical (unpaired) electrons. The van der Waals surface area contributed by atoms with Crippen LogP contribution >= 0.6 is 11.6 Å². The van der Waals surface area contributed by atoms with Crippen LogP contribution in [0.25, 0.3) is 0 Å².